The van der Waals surface area contributed by atoms with E-state index in [1.807, 2.05) is 12.3 Å². The molecule has 1 aliphatic carbocycles. The average molecular weight is 273 g/mol. The molecule has 4 heteroatoms. The maximum Gasteiger partial charge on any atom is 0.223 e. The van der Waals surface area contributed by atoms with Gasteiger partial charge in [0, 0.05) is 31.2 Å². The van der Waals surface area contributed by atoms with Crippen LogP contribution in [0.3, 0.4) is 0 Å². The number of hydrogen-bond acceptors (Lipinski definition) is 3. The van der Waals surface area contributed by atoms with Gasteiger partial charge in [0.05, 0.1) is 0 Å². The second-order valence-electron chi connectivity index (χ2n) is 6.09. The van der Waals surface area contributed by atoms with Crippen LogP contribution < -0.4 is 10.2 Å². The number of pyridine rings is 1. The fraction of sp³-hybridized carbons (Fsp3) is 0.625. The molecule has 2 heterocycles. The first-order valence-electron chi connectivity index (χ1n) is 7.70. The van der Waals surface area contributed by atoms with Crippen molar-refractivity contribution in [2.75, 3.05) is 18.0 Å². The normalized spacial score (nSPS) is 20.6. The van der Waals surface area contributed by atoms with E-state index >= 15 is 0 Å². The zero-order chi connectivity index (χ0) is 13.9. The van der Waals surface area contributed by atoms with Crippen LogP contribution in [0.4, 0.5) is 5.82 Å². The number of amides is 1. The molecule has 1 saturated heterocycles. The highest BCUT2D eigenvalue weighted by atomic mass is 16.2. The Hall–Kier alpha value is -1.58. The molecule has 3 rings (SSSR count). The van der Waals surface area contributed by atoms with Crippen molar-refractivity contribution in [3.63, 3.8) is 0 Å². The first-order chi connectivity index (χ1) is 9.72. The molecular weight excluding hydrogens is 250 g/mol. The Bertz CT molecular complexity index is 476. The molecule has 1 N–H and O–H groups in total. The first-order valence-corrected chi connectivity index (χ1v) is 7.70. The smallest absolute Gasteiger partial charge is 0.223 e. The number of aryl methyl sites for hydroxylation is 1. The van der Waals surface area contributed by atoms with Gasteiger partial charge in [-0.2, -0.15) is 0 Å². The number of aromatic nitrogens is 1. The standard InChI is InChI=1S/C16H23N3O/c1-12-5-8-17-15(11-12)19-9-6-14(7-10-19)18-16(20)13-3-2-4-13/h5,8,11,13-14H,2-4,6-7,9-10H2,1H3,(H,18,20). The van der Waals surface area contributed by atoms with Crippen LogP contribution in [0.15, 0.2) is 18.3 Å². The second-order valence-corrected chi connectivity index (χ2v) is 6.09. The summed E-state index contributed by atoms with van der Waals surface area (Å²) in [6.45, 7) is 4.05. The van der Waals surface area contributed by atoms with E-state index in [0.717, 1.165) is 44.6 Å². The fourth-order valence-corrected chi connectivity index (χ4v) is 2.94. The molecule has 1 saturated carbocycles. The van der Waals surface area contributed by atoms with E-state index in [1.54, 1.807) is 0 Å². The third-order valence-corrected chi connectivity index (χ3v) is 4.54. The van der Waals surface area contributed by atoms with E-state index in [-0.39, 0.29) is 5.91 Å². The molecule has 20 heavy (non-hydrogen) atoms. The highest BCUT2D eigenvalue weighted by Gasteiger charge is 2.28. The Morgan fingerprint density at radius 3 is 2.65 bits per heavy atom. The van der Waals surface area contributed by atoms with Crippen molar-refractivity contribution >= 4 is 11.7 Å². The molecule has 4 nitrogen and oxygen atoms in total. The molecule has 0 atom stereocenters. The largest absolute Gasteiger partial charge is 0.356 e. The fourth-order valence-electron chi connectivity index (χ4n) is 2.94. The summed E-state index contributed by atoms with van der Waals surface area (Å²) in [6.07, 6.45) is 7.29. The summed E-state index contributed by atoms with van der Waals surface area (Å²) in [5.74, 6) is 1.64. The molecule has 2 fully saturated rings. The number of anilines is 1. The van der Waals surface area contributed by atoms with Gasteiger partial charge in [0.25, 0.3) is 0 Å². The van der Waals surface area contributed by atoms with E-state index in [1.165, 1.54) is 12.0 Å². The predicted molar refractivity (Wildman–Crippen MR) is 79.7 cm³/mol. The third-order valence-electron chi connectivity index (χ3n) is 4.54. The molecule has 0 spiro atoms. The summed E-state index contributed by atoms with van der Waals surface area (Å²) in [5, 5.41) is 3.22. The average Bonchev–Trinajstić information content (AvgIpc) is 2.37. The topological polar surface area (TPSA) is 45.2 Å². The van der Waals surface area contributed by atoms with Crippen molar-refractivity contribution in [1.29, 1.82) is 0 Å². The summed E-state index contributed by atoms with van der Waals surface area (Å²) >= 11 is 0. The van der Waals surface area contributed by atoms with Crippen LogP contribution in [-0.4, -0.2) is 30.0 Å². The molecule has 108 valence electrons. The molecule has 0 bridgehead atoms. The number of rotatable bonds is 3. The molecule has 1 aliphatic heterocycles. The van der Waals surface area contributed by atoms with Gasteiger partial charge in [-0.1, -0.05) is 6.42 Å². The number of carbonyl (C=O) groups excluding carboxylic acids is 1. The van der Waals surface area contributed by atoms with Gasteiger partial charge in [-0.25, -0.2) is 4.98 Å². The molecule has 1 aromatic heterocycles. The molecule has 0 radical (unpaired) electrons. The molecule has 2 aliphatic rings. The lowest BCUT2D eigenvalue weighted by atomic mass is 9.84. The highest BCUT2D eigenvalue weighted by Crippen LogP contribution is 2.27. The third kappa shape index (κ3) is 2.94. The number of carbonyl (C=O) groups is 1. The number of nitrogens with zero attached hydrogens (tertiary/aromatic N) is 2. The van der Waals surface area contributed by atoms with Crippen LogP contribution in [0.5, 0.6) is 0 Å². The van der Waals surface area contributed by atoms with Crippen LogP contribution in [0.2, 0.25) is 0 Å². The number of piperidine rings is 1. The minimum atomic E-state index is 0.281. The minimum absolute atomic E-state index is 0.281. The van der Waals surface area contributed by atoms with E-state index in [9.17, 15) is 4.79 Å². The first kappa shape index (κ1) is 13.4. The van der Waals surface area contributed by atoms with Gasteiger partial charge < -0.3 is 10.2 Å². The minimum Gasteiger partial charge on any atom is -0.356 e. The zero-order valence-electron chi connectivity index (χ0n) is 12.1. The van der Waals surface area contributed by atoms with Crippen molar-refractivity contribution in [3.8, 4) is 0 Å². The molecule has 1 aromatic rings. The Morgan fingerprint density at radius 1 is 1.30 bits per heavy atom. The Morgan fingerprint density at radius 2 is 2.05 bits per heavy atom. The summed E-state index contributed by atoms with van der Waals surface area (Å²) in [4.78, 5) is 18.7. The quantitative estimate of drug-likeness (QED) is 0.919. The summed E-state index contributed by atoms with van der Waals surface area (Å²) in [5.41, 5.74) is 1.25. The van der Waals surface area contributed by atoms with Gasteiger partial charge in [-0.3, -0.25) is 4.79 Å². The van der Waals surface area contributed by atoms with Gasteiger partial charge in [0.15, 0.2) is 0 Å². The van der Waals surface area contributed by atoms with Crippen molar-refractivity contribution in [2.45, 2.75) is 45.1 Å². The number of hydrogen-bond donors (Lipinski definition) is 1. The van der Waals surface area contributed by atoms with Crippen LogP contribution >= 0.6 is 0 Å². The Labute approximate surface area is 120 Å². The van der Waals surface area contributed by atoms with Crippen LogP contribution in [-0.2, 0) is 4.79 Å². The SMILES string of the molecule is Cc1ccnc(N2CCC(NC(=O)C3CCC3)CC2)c1. The monoisotopic (exact) mass is 273 g/mol. The van der Waals surface area contributed by atoms with Gasteiger partial charge in [-0.05, 0) is 50.3 Å². The lowest BCUT2D eigenvalue weighted by Gasteiger charge is -2.34. The summed E-state index contributed by atoms with van der Waals surface area (Å²) < 4.78 is 0. The van der Waals surface area contributed by atoms with Crippen molar-refractivity contribution in [3.05, 3.63) is 23.9 Å². The molecule has 1 amide bonds. The van der Waals surface area contributed by atoms with Gasteiger partial charge >= 0.3 is 0 Å². The van der Waals surface area contributed by atoms with Crippen molar-refractivity contribution in [2.24, 2.45) is 5.92 Å². The maximum atomic E-state index is 12.0. The van der Waals surface area contributed by atoms with Gasteiger partial charge in [0.1, 0.15) is 5.82 Å². The van der Waals surface area contributed by atoms with Crippen LogP contribution in [0, 0.1) is 12.8 Å². The van der Waals surface area contributed by atoms with Gasteiger partial charge in [-0.15, -0.1) is 0 Å². The van der Waals surface area contributed by atoms with E-state index < -0.39 is 0 Å². The summed E-state index contributed by atoms with van der Waals surface area (Å²) in [6, 6.07) is 4.51. The lowest BCUT2D eigenvalue weighted by molar-refractivity contribution is -0.128. The van der Waals surface area contributed by atoms with Crippen LogP contribution in [0.1, 0.15) is 37.7 Å². The highest BCUT2D eigenvalue weighted by molar-refractivity contribution is 5.79. The number of nitrogens with one attached hydrogen (secondary N) is 1. The van der Waals surface area contributed by atoms with Crippen molar-refractivity contribution in [1.82, 2.24) is 10.3 Å². The summed E-state index contributed by atoms with van der Waals surface area (Å²) in [7, 11) is 0. The molecule has 0 aromatic carbocycles. The lowest BCUT2D eigenvalue weighted by Crippen LogP contribution is -2.47. The predicted octanol–water partition coefficient (Wildman–Crippen LogP) is 2.28. The van der Waals surface area contributed by atoms with E-state index in [0.29, 0.717) is 12.0 Å². The molecule has 0 unspecified atom stereocenters. The van der Waals surface area contributed by atoms with E-state index in [4.69, 9.17) is 0 Å². The maximum absolute atomic E-state index is 12.0. The van der Waals surface area contributed by atoms with Crippen molar-refractivity contribution < 1.29 is 4.79 Å². The Kier molecular flexibility index (Phi) is 3.90. The zero-order valence-corrected chi connectivity index (χ0v) is 12.1. The van der Waals surface area contributed by atoms with Gasteiger partial charge in [0.2, 0.25) is 5.91 Å². The second kappa shape index (κ2) is 5.81. The Balaban J connectivity index is 1.50. The van der Waals surface area contributed by atoms with E-state index in [2.05, 4.69) is 28.2 Å². The van der Waals surface area contributed by atoms with Crippen LogP contribution in [0.25, 0.3) is 0 Å². The molecular formula is C16H23N3O.